The minimum Gasteiger partial charge on any atom is -0.489 e. The van der Waals surface area contributed by atoms with Gasteiger partial charge < -0.3 is 19.5 Å². The highest BCUT2D eigenvalue weighted by molar-refractivity contribution is 5.71. The maximum Gasteiger partial charge on any atom is 0.211 e. The molecule has 18 heavy (non-hydrogen) atoms. The van der Waals surface area contributed by atoms with Gasteiger partial charge in [-0.3, -0.25) is 9.78 Å². The van der Waals surface area contributed by atoms with E-state index in [9.17, 15) is 4.79 Å². The highest BCUT2D eigenvalue weighted by Crippen LogP contribution is 2.23. The van der Waals surface area contributed by atoms with Crippen molar-refractivity contribution in [2.75, 3.05) is 18.5 Å². The third-order valence-electron chi connectivity index (χ3n) is 2.44. The van der Waals surface area contributed by atoms with Crippen LogP contribution in [0.15, 0.2) is 18.5 Å². The Morgan fingerprint density at radius 1 is 1.61 bits per heavy atom. The fraction of sp³-hybridized carbons (Fsp3) is 0.500. The Balaban J connectivity index is 1.86. The molecular weight excluding hydrogens is 236 g/mol. The van der Waals surface area contributed by atoms with E-state index in [1.165, 1.54) is 0 Å². The second-order valence-electron chi connectivity index (χ2n) is 4.43. The topological polar surface area (TPSA) is 69.7 Å². The largest absolute Gasteiger partial charge is 0.489 e. The van der Waals surface area contributed by atoms with Crippen molar-refractivity contribution in [1.82, 2.24) is 4.98 Å². The predicted molar refractivity (Wildman–Crippen MR) is 64.3 cm³/mol. The molecule has 0 spiro atoms. The third kappa shape index (κ3) is 3.41. The Labute approximate surface area is 105 Å². The summed E-state index contributed by atoms with van der Waals surface area (Å²) in [5.74, 6) is 0.0304. The highest BCUT2D eigenvalue weighted by atomic mass is 16.7. The van der Waals surface area contributed by atoms with Gasteiger partial charge >= 0.3 is 0 Å². The molecule has 1 aromatic rings. The van der Waals surface area contributed by atoms with Crippen LogP contribution in [0, 0.1) is 0 Å². The number of carbonyl (C=O) groups is 1. The molecule has 98 valence electrons. The summed E-state index contributed by atoms with van der Waals surface area (Å²) in [5, 5.41) is 2.51. The molecule has 0 bridgehead atoms. The summed E-state index contributed by atoms with van der Waals surface area (Å²) < 4.78 is 16.6. The number of amides is 1. The van der Waals surface area contributed by atoms with Crippen LogP contribution in [0.3, 0.4) is 0 Å². The van der Waals surface area contributed by atoms with Crippen LogP contribution < -0.4 is 10.1 Å². The molecule has 0 aliphatic carbocycles. The average Bonchev–Trinajstić information content (AvgIpc) is 2.68. The van der Waals surface area contributed by atoms with Crippen molar-refractivity contribution >= 4 is 12.1 Å². The van der Waals surface area contributed by atoms with Gasteiger partial charge in [0.2, 0.25) is 6.41 Å². The fourth-order valence-electron chi connectivity index (χ4n) is 1.68. The molecule has 2 rings (SSSR count). The third-order valence-corrected chi connectivity index (χ3v) is 2.44. The summed E-state index contributed by atoms with van der Waals surface area (Å²) in [4.78, 5) is 14.3. The lowest BCUT2D eigenvalue weighted by atomic mass is 10.4. The van der Waals surface area contributed by atoms with E-state index in [-0.39, 0.29) is 6.10 Å². The number of nitrogens with zero attached hydrogens (tertiary/aromatic N) is 1. The Hall–Kier alpha value is -1.66. The Kier molecular flexibility index (Phi) is 3.78. The van der Waals surface area contributed by atoms with Gasteiger partial charge in [-0.05, 0) is 13.8 Å². The first kappa shape index (κ1) is 12.8. The van der Waals surface area contributed by atoms with E-state index < -0.39 is 5.79 Å². The number of aromatic nitrogens is 1. The van der Waals surface area contributed by atoms with Crippen molar-refractivity contribution in [1.29, 1.82) is 0 Å². The van der Waals surface area contributed by atoms with Gasteiger partial charge in [-0.2, -0.15) is 0 Å². The number of ether oxygens (including phenoxy) is 3. The highest BCUT2D eigenvalue weighted by Gasteiger charge is 2.32. The number of carbonyl (C=O) groups excluding carboxylic acids is 1. The average molecular weight is 252 g/mol. The zero-order valence-electron chi connectivity index (χ0n) is 10.4. The molecule has 1 fully saturated rings. The van der Waals surface area contributed by atoms with Gasteiger partial charge in [0, 0.05) is 6.07 Å². The Morgan fingerprint density at radius 3 is 3.11 bits per heavy atom. The number of rotatable bonds is 5. The van der Waals surface area contributed by atoms with Gasteiger partial charge in [-0.25, -0.2) is 0 Å². The zero-order valence-corrected chi connectivity index (χ0v) is 10.4. The maximum atomic E-state index is 10.3. The smallest absolute Gasteiger partial charge is 0.211 e. The van der Waals surface area contributed by atoms with Crippen molar-refractivity contribution in [3.63, 3.8) is 0 Å². The molecule has 0 aromatic carbocycles. The molecule has 0 saturated carbocycles. The van der Waals surface area contributed by atoms with E-state index in [0.717, 1.165) is 0 Å². The predicted octanol–water partition coefficient (Wildman–Crippen LogP) is 1.18. The molecule has 2 heterocycles. The van der Waals surface area contributed by atoms with Gasteiger partial charge in [0.05, 0.1) is 24.7 Å². The SMILES string of the molecule is CC1(C)OC[C@@H](COc2cncc(NC=O)c2)O1. The van der Waals surface area contributed by atoms with Gasteiger partial charge in [-0.1, -0.05) is 0 Å². The van der Waals surface area contributed by atoms with Crippen molar-refractivity contribution in [2.45, 2.75) is 25.7 Å². The molecule has 6 nitrogen and oxygen atoms in total. The van der Waals surface area contributed by atoms with Crippen molar-refractivity contribution < 1.29 is 19.0 Å². The van der Waals surface area contributed by atoms with Crippen LogP contribution in [0.1, 0.15) is 13.8 Å². The molecule has 1 aliphatic rings. The zero-order chi connectivity index (χ0) is 13.0. The van der Waals surface area contributed by atoms with E-state index in [4.69, 9.17) is 14.2 Å². The molecule has 1 aromatic heterocycles. The number of pyridine rings is 1. The van der Waals surface area contributed by atoms with Crippen LogP contribution >= 0.6 is 0 Å². The van der Waals surface area contributed by atoms with Gasteiger partial charge in [0.1, 0.15) is 18.5 Å². The van der Waals surface area contributed by atoms with E-state index in [2.05, 4.69) is 10.3 Å². The normalized spacial score (nSPS) is 21.6. The van der Waals surface area contributed by atoms with Gasteiger partial charge in [0.15, 0.2) is 5.79 Å². The second kappa shape index (κ2) is 5.32. The lowest BCUT2D eigenvalue weighted by Crippen LogP contribution is -2.25. The summed E-state index contributed by atoms with van der Waals surface area (Å²) >= 11 is 0. The Morgan fingerprint density at radius 2 is 2.44 bits per heavy atom. The first-order chi connectivity index (χ1) is 8.59. The molecular formula is C12H16N2O4. The number of nitrogens with one attached hydrogen (secondary N) is 1. The summed E-state index contributed by atoms with van der Waals surface area (Å²) in [6.07, 6.45) is 3.62. The van der Waals surface area contributed by atoms with E-state index >= 15 is 0 Å². The number of hydrogen-bond donors (Lipinski definition) is 1. The van der Waals surface area contributed by atoms with Crippen LogP contribution in [-0.4, -0.2) is 36.5 Å². The molecule has 1 aliphatic heterocycles. The molecule has 6 heteroatoms. The quantitative estimate of drug-likeness (QED) is 0.797. The van der Waals surface area contributed by atoms with E-state index in [1.807, 2.05) is 13.8 Å². The molecule has 1 atom stereocenters. The summed E-state index contributed by atoms with van der Waals surface area (Å²) in [7, 11) is 0. The van der Waals surface area contributed by atoms with E-state index in [1.54, 1.807) is 18.5 Å². The molecule has 1 amide bonds. The van der Waals surface area contributed by atoms with Crippen LogP contribution in [-0.2, 0) is 14.3 Å². The van der Waals surface area contributed by atoms with Crippen LogP contribution in [0.25, 0.3) is 0 Å². The van der Waals surface area contributed by atoms with Crippen LogP contribution in [0.2, 0.25) is 0 Å². The monoisotopic (exact) mass is 252 g/mol. The first-order valence-corrected chi connectivity index (χ1v) is 5.69. The van der Waals surface area contributed by atoms with Crippen molar-refractivity contribution in [3.8, 4) is 5.75 Å². The molecule has 1 N–H and O–H groups in total. The van der Waals surface area contributed by atoms with Crippen LogP contribution in [0.4, 0.5) is 5.69 Å². The summed E-state index contributed by atoms with van der Waals surface area (Å²) in [5.41, 5.74) is 0.589. The van der Waals surface area contributed by atoms with Crippen molar-refractivity contribution in [2.24, 2.45) is 0 Å². The second-order valence-corrected chi connectivity index (χ2v) is 4.43. The van der Waals surface area contributed by atoms with E-state index in [0.29, 0.717) is 31.1 Å². The lowest BCUT2D eigenvalue weighted by Gasteiger charge is -2.17. The number of anilines is 1. The number of hydrogen-bond acceptors (Lipinski definition) is 5. The summed E-state index contributed by atoms with van der Waals surface area (Å²) in [6, 6.07) is 1.70. The summed E-state index contributed by atoms with van der Waals surface area (Å²) in [6.45, 7) is 4.62. The fourth-order valence-corrected chi connectivity index (χ4v) is 1.68. The lowest BCUT2D eigenvalue weighted by molar-refractivity contribution is -0.141. The minimum atomic E-state index is -0.548. The minimum absolute atomic E-state index is 0.0947. The molecule has 0 unspecified atom stereocenters. The Bertz CT molecular complexity index is 422. The van der Waals surface area contributed by atoms with Gasteiger partial charge in [0.25, 0.3) is 0 Å². The first-order valence-electron chi connectivity index (χ1n) is 5.69. The molecule has 1 saturated heterocycles. The van der Waals surface area contributed by atoms with Gasteiger partial charge in [-0.15, -0.1) is 0 Å². The maximum absolute atomic E-state index is 10.3. The standard InChI is InChI=1S/C12H16N2O4/c1-12(2)17-7-11(18-12)6-16-10-3-9(14-8-15)4-13-5-10/h3-5,8,11H,6-7H2,1-2H3,(H,14,15)/t11-/m1/s1. The van der Waals surface area contributed by atoms with Crippen molar-refractivity contribution in [3.05, 3.63) is 18.5 Å². The van der Waals surface area contributed by atoms with Crippen LogP contribution in [0.5, 0.6) is 5.75 Å². The molecule has 0 radical (unpaired) electrons.